The summed E-state index contributed by atoms with van der Waals surface area (Å²) < 4.78 is 50.1. The van der Waals surface area contributed by atoms with E-state index in [1.54, 1.807) is 24.3 Å². The van der Waals surface area contributed by atoms with Crippen LogP contribution in [0.1, 0.15) is 6.85 Å². The summed E-state index contributed by atoms with van der Waals surface area (Å²) in [7, 11) is 0. The van der Waals surface area contributed by atoms with E-state index in [-0.39, 0.29) is 29.7 Å². The molecular weight excluding hydrogens is 685 g/mol. The highest BCUT2D eigenvalue weighted by molar-refractivity contribution is 6.14. The summed E-state index contributed by atoms with van der Waals surface area (Å²) in [5.74, 6) is 1.38. The molecule has 11 rings (SSSR count). The highest BCUT2D eigenvalue weighted by Crippen LogP contribution is 2.40. The van der Waals surface area contributed by atoms with E-state index in [0.717, 1.165) is 55.3 Å². The molecule has 5 nitrogen and oxygen atoms in total. The molecule has 0 aliphatic carbocycles. The largest absolute Gasteiger partial charge is 0.456 e. The summed E-state index contributed by atoms with van der Waals surface area (Å²) >= 11 is 0. The van der Waals surface area contributed by atoms with Crippen LogP contribution in [0.5, 0.6) is 0 Å². The van der Waals surface area contributed by atoms with Crippen LogP contribution in [0.2, 0.25) is 0 Å². The van der Waals surface area contributed by atoms with Crippen molar-refractivity contribution in [3.63, 3.8) is 0 Å². The maximum absolute atomic E-state index is 8.49. The maximum atomic E-state index is 8.49. The monoisotopic (exact) mass is 721 g/mol. The van der Waals surface area contributed by atoms with Crippen molar-refractivity contribution in [2.75, 3.05) is 0 Å². The second-order valence-electron chi connectivity index (χ2n) is 13.7. The number of hydrogen-bond acceptors (Lipinski definition) is 4. The second-order valence-corrected chi connectivity index (χ2v) is 13.7. The first-order valence-corrected chi connectivity index (χ1v) is 18.4. The molecule has 0 atom stereocenters. The highest BCUT2D eigenvalue weighted by Gasteiger charge is 2.19. The van der Waals surface area contributed by atoms with Gasteiger partial charge >= 0.3 is 0 Å². The number of para-hydroxylation sites is 2. The Morgan fingerprint density at radius 1 is 0.411 bits per heavy atom. The van der Waals surface area contributed by atoms with E-state index in [4.69, 9.17) is 26.2 Å². The smallest absolute Gasteiger partial charge is 0.164 e. The molecule has 0 spiro atoms. The van der Waals surface area contributed by atoms with Crippen molar-refractivity contribution < 1.29 is 11.3 Å². The molecule has 5 heteroatoms. The second kappa shape index (κ2) is 13.0. The Bertz CT molecular complexity index is 3500. The van der Waals surface area contributed by atoms with E-state index in [0.29, 0.717) is 34.2 Å². The zero-order chi connectivity index (χ0) is 41.4. The molecule has 11 aromatic rings. The van der Waals surface area contributed by atoms with Crippen molar-refractivity contribution in [3.8, 4) is 62.1 Å². The fourth-order valence-electron chi connectivity index (χ4n) is 7.72. The van der Waals surface area contributed by atoms with Crippen molar-refractivity contribution in [1.82, 2.24) is 19.5 Å². The van der Waals surface area contributed by atoms with E-state index in [2.05, 4.69) is 83.4 Å². The summed E-state index contributed by atoms with van der Waals surface area (Å²) in [4.78, 5) is 15.0. The van der Waals surface area contributed by atoms with Crippen LogP contribution in [0.3, 0.4) is 0 Å². The molecule has 0 N–H and O–H groups in total. The van der Waals surface area contributed by atoms with Crippen molar-refractivity contribution in [3.05, 3.63) is 194 Å². The molecule has 3 heterocycles. The zero-order valence-electron chi connectivity index (χ0n) is 34.8. The summed E-state index contributed by atoms with van der Waals surface area (Å²) in [6.07, 6.45) is 0. The first-order valence-electron chi connectivity index (χ1n) is 20.9. The van der Waals surface area contributed by atoms with Crippen LogP contribution in [0.25, 0.3) is 106 Å². The Balaban J connectivity index is 1.05. The molecule has 0 saturated carbocycles. The topological polar surface area (TPSA) is 56.7 Å². The van der Waals surface area contributed by atoms with Crippen molar-refractivity contribution in [2.24, 2.45) is 0 Å². The quantitative estimate of drug-likeness (QED) is 0.172. The number of aromatic nitrogens is 4. The zero-order valence-corrected chi connectivity index (χ0v) is 29.8. The van der Waals surface area contributed by atoms with Crippen LogP contribution in [0.15, 0.2) is 198 Å². The molecule has 0 amide bonds. The van der Waals surface area contributed by atoms with Crippen molar-refractivity contribution in [1.29, 1.82) is 0 Å². The van der Waals surface area contributed by atoms with Gasteiger partial charge in [0, 0.05) is 43.9 Å². The molecule has 0 unspecified atom stereocenters. The van der Waals surface area contributed by atoms with Gasteiger partial charge < -0.3 is 8.98 Å². The van der Waals surface area contributed by atoms with Crippen LogP contribution >= 0.6 is 0 Å². The van der Waals surface area contributed by atoms with Gasteiger partial charge in [-0.1, -0.05) is 145 Å². The molecule has 56 heavy (non-hydrogen) atoms. The van der Waals surface area contributed by atoms with Crippen LogP contribution < -0.4 is 0 Å². The average molecular weight is 722 g/mol. The SMILES string of the molecule is [2H]c1c([2H])c([2H])c(-c2ccc(-c3nc(-c4ccccc4)nc(-c4cccc5oc6ccc(-c7ccc8c(c7)c7ccccc7n8-c7ccccc7)cc6c45)n3)cc2)c([2H])c1[2H]. The summed E-state index contributed by atoms with van der Waals surface area (Å²) in [6, 6.07) is 52.9. The maximum Gasteiger partial charge on any atom is 0.164 e. The van der Waals surface area contributed by atoms with Gasteiger partial charge in [0.2, 0.25) is 0 Å². The summed E-state index contributed by atoms with van der Waals surface area (Å²) in [6.45, 7) is 0. The average Bonchev–Trinajstić information content (AvgIpc) is 3.86. The van der Waals surface area contributed by atoms with Gasteiger partial charge in [-0.15, -0.1) is 0 Å². The van der Waals surface area contributed by atoms with Crippen LogP contribution in [0, 0.1) is 0 Å². The standard InChI is InChI=1S/C51H32N4O/c1-4-13-33(14-5-1)34-23-25-36(26-24-34)50-52-49(35-15-6-2-7-16-35)53-51(54-50)41-20-12-22-47-48(41)43-32-38(28-30-46(43)56-47)37-27-29-45-42(31-37)40-19-10-11-21-44(40)55(45)39-17-8-3-9-18-39/h1-32H/i1D,4D,5D,13D,14D. The number of nitrogens with zero attached hydrogens (tertiary/aromatic N) is 4. The number of benzene rings is 8. The molecule has 0 bridgehead atoms. The van der Waals surface area contributed by atoms with Gasteiger partial charge in [0.1, 0.15) is 11.2 Å². The van der Waals surface area contributed by atoms with E-state index in [9.17, 15) is 0 Å². The van der Waals surface area contributed by atoms with E-state index < -0.39 is 6.04 Å². The third-order valence-corrected chi connectivity index (χ3v) is 10.4. The van der Waals surface area contributed by atoms with Gasteiger partial charge in [-0.3, -0.25) is 0 Å². The van der Waals surface area contributed by atoms with Crippen LogP contribution in [0.4, 0.5) is 0 Å². The molecular formula is C51H32N4O. The van der Waals surface area contributed by atoms with Gasteiger partial charge in [-0.25, -0.2) is 15.0 Å². The minimum atomic E-state index is -0.428. The molecule has 3 aromatic heterocycles. The lowest BCUT2D eigenvalue weighted by Gasteiger charge is -2.10. The van der Waals surface area contributed by atoms with Gasteiger partial charge in [0.15, 0.2) is 17.5 Å². The first kappa shape index (κ1) is 27.0. The summed E-state index contributed by atoms with van der Waals surface area (Å²) in [5, 5.41) is 4.17. The van der Waals surface area contributed by atoms with Gasteiger partial charge in [-0.2, -0.15) is 0 Å². The lowest BCUT2D eigenvalue weighted by atomic mass is 9.99. The number of furan rings is 1. The number of rotatable bonds is 6. The normalized spacial score (nSPS) is 12.8. The van der Waals surface area contributed by atoms with Crippen molar-refractivity contribution in [2.45, 2.75) is 0 Å². The Morgan fingerprint density at radius 2 is 1.02 bits per heavy atom. The van der Waals surface area contributed by atoms with Gasteiger partial charge in [-0.05, 0) is 70.8 Å². The Morgan fingerprint density at radius 3 is 1.80 bits per heavy atom. The first-order chi connectivity index (χ1) is 29.8. The third kappa shape index (κ3) is 5.37. The minimum absolute atomic E-state index is 0.135. The molecule has 0 aliphatic heterocycles. The fraction of sp³-hybridized carbons (Fsp3) is 0. The summed E-state index contributed by atoms with van der Waals surface area (Å²) in [5.41, 5.74) is 9.88. The molecule has 0 radical (unpaired) electrons. The minimum Gasteiger partial charge on any atom is -0.456 e. The van der Waals surface area contributed by atoms with E-state index >= 15 is 0 Å². The molecule has 0 saturated heterocycles. The molecule has 262 valence electrons. The predicted octanol–water partition coefficient (Wildman–Crippen LogP) is 13.2. The lowest BCUT2D eigenvalue weighted by Crippen LogP contribution is -2.00. The van der Waals surface area contributed by atoms with Crippen LogP contribution in [-0.4, -0.2) is 19.5 Å². The predicted molar refractivity (Wildman–Crippen MR) is 229 cm³/mol. The Labute approximate surface area is 329 Å². The molecule has 0 fully saturated rings. The van der Waals surface area contributed by atoms with Gasteiger partial charge in [0.05, 0.1) is 17.9 Å². The van der Waals surface area contributed by atoms with Crippen molar-refractivity contribution >= 4 is 43.7 Å². The van der Waals surface area contributed by atoms with E-state index in [1.165, 1.54) is 10.8 Å². The Kier molecular flexibility index (Phi) is 6.29. The highest BCUT2D eigenvalue weighted by atomic mass is 16.3. The van der Waals surface area contributed by atoms with Gasteiger partial charge in [0.25, 0.3) is 0 Å². The van der Waals surface area contributed by atoms with E-state index in [1.807, 2.05) is 60.7 Å². The van der Waals surface area contributed by atoms with Crippen LogP contribution in [-0.2, 0) is 0 Å². The molecule has 8 aromatic carbocycles. The third-order valence-electron chi connectivity index (χ3n) is 10.4. The lowest BCUT2D eigenvalue weighted by molar-refractivity contribution is 0.669. The number of hydrogen-bond donors (Lipinski definition) is 0. The molecule has 0 aliphatic rings. The fourth-order valence-corrected chi connectivity index (χ4v) is 7.72. The number of fused-ring (bicyclic) bond motifs is 6. The Hall–Kier alpha value is -7.63.